The van der Waals surface area contributed by atoms with Gasteiger partial charge in [0.05, 0.1) is 16.3 Å². The number of rotatable bonds is 3. The van der Waals surface area contributed by atoms with Crippen molar-refractivity contribution in [1.29, 1.82) is 0 Å². The van der Waals surface area contributed by atoms with E-state index >= 15 is 0 Å². The summed E-state index contributed by atoms with van der Waals surface area (Å²) in [6, 6.07) is 4.84. The minimum atomic E-state index is -0.224. The number of nitrogens with zero attached hydrogens (tertiary/aromatic N) is 2. The molecule has 0 saturated carbocycles. The third-order valence-electron chi connectivity index (χ3n) is 3.32. The Kier molecular flexibility index (Phi) is 3.99. The molecule has 1 aromatic carbocycles. The van der Waals surface area contributed by atoms with E-state index in [1.54, 1.807) is 22.9 Å². The summed E-state index contributed by atoms with van der Waals surface area (Å²) >= 11 is 6.02. The van der Waals surface area contributed by atoms with Crippen molar-refractivity contribution in [2.24, 2.45) is 7.05 Å². The summed E-state index contributed by atoms with van der Waals surface area (Å²) < 4.78 is 1.80. The Hall–Kier alpha value is -2.01. The monoisotopic (exact) mass is 292 g/mol. The minimum Gasteiger partial charge on any atom is -0.399 e. The van der Waals surface area contributed by atoms with Gasteiger partial charge >= 0.3 is 0 Å². The number of aryl methyl sites for hydroxylation is 2. The van der Waals surface area contributed by atoms with E-state index in [1.807, 2.05) is 20.9 Å². The summed E-state index contributed by atoms with van der Waals surface area (Å²) in [7, 11) is 1.88. The van der Waals surface area contributed by atoms with E-state index in [0.29, 0.717) is 22.8 Å². The lowest BCUT2D eigenvalue weighted by Crippen LogP contribution is -2.23. The first-order chi connectivity index (χ1) is 9.40. The topological polar surface area (TPSA) is 72.9 Å². The number of nitrogen functional groups attached to an aromatic ring is 1. The molecule has 0 atom stereocenters. The third kappa shape index (κ3) is 2.77. The van der Waals surface area contributed by atoms with E-state index in [0.717, 1.165) is 17.0 Å². The standard InChI is InChI=1S/C14H17ClN4O/c1-8-12(9(2)19(3)18-8)7-17-14(20)11-5-4-10(16)6-13(11)15/h4-6H,7,16H2,1-3H3,(H,17,20). The van der Waals surface area contributed by atoms with Crippen LogP contribution in [-0.2, 0) is 13.6 Å². The molecule has 1 aromatic heterocycles. The van der Waals surface area contributed by atoms with E-state index in [4.69, 9.17) is 17.3 Å². The van der Waals surface area contributed by atoms with Crippen molar-refractivity contribution >= 4 is 23.2 Å². The number of anilines is 1. The number of hydrogen-bond donors (Lipinski definition) is 2. The van der Waals surface area contributed by atoms with Crippen molar-refractivity contribution < 1.29 is 4.79 Å². The first kappa shape index (κ1) is 14.4. The molecule has 2 aromatic rings. The van der Waals surface area contributed by atoms with Gasteiger partial charge in [-0.15, -0.1) is 0 Å². The van der Waals surface area contributed by atoms with Crippen molar-refractivity contribution in [3.8, 4) is 0 Å². The van der Waals surface area contributed by atoms with Gasteiger partial charge in [-0.25, -0.2) is 0 Å². The molecule has 20 heavy (non-hydrogen) atoms. The van der Waals surface area contributed by atoms with Gasteiger partial charge in [-0.05, 0) is 32.0 Å². The summed E-state index contributed by atoms with van der Waals surface area (Å²) in [6.07, 6.45) is 0. The molecular formula is C14H17ClN4O. The molecule has 1 heterocycles. The molecule has 0 aliphatic carbocycles. The molecule has 0 unspecified atom stereocenters. The van der Waals surface area contributed by atoms with Crippen LogP contribution in [-0.4, -0.2) is 15.7 Å². The highest BCUT2D eigenvalue weighted by atomic mass is 35.5. The maximum absolute atomic E-state index is 12.1. The van der Waals surface area contributed by atoms with Crippen molar-refractivity contribution in [1.82, 2.24) is 15.1 Å². The molecule has 0 aliphatic heterocycles. The molecule has 6 heteroatoms. The van der Waals surface area contributed by atoms with Gasteiger partial charge in [0.25, 0.3) is 5.91 Å². The van der Waals surface area contributed by atoms with E-state index in [-0.39, 0.29) is 5.91 Å². The fourth-order valence-electron chi connectivity index (χ4n) is 2.05. The van der Waals surface area contributed by atoms with Gasteiger partial charge in [0, 0.05) is 30.5 Å². The quantitative estimate of drug-likeness (QED) is 0.852. The molecule has 3 N–H and O–H groups in total. The number of aromatic nitrogens is 2. The lowest BCUT2D eigenvalue weighted by molar-refractivity contribution is 0.0951. The van der Waals surface area contributed by atoms with Crippen LogP contribution in [0, 0.1) is 13.8 Å². The van der Waals surface area contributed by atoms with Crippen molar-refractivity contribution in [3.63, 3.8) is 0 Å². The van der Waals surface area contributed by atoms with Crippen LogP contribution >= 0.6 is 11.6 Å². The zero-order valence-electron chi connectivity index (χ0n) is 11.7. The number of carbonyl (C=O) groups is 1. The second-order valence-corrected chi connectivity index (χ2v) is 5.10. The zero-order chi connectivity index (χ0) is 14.9. The first-order valence-corrected chi connectivity index (χ1v) is 6.60. The Morgan fingerprint density at radius 1 is 1.45 bits per heavy atom. The molecule has 0 fully saturated rings. The molecule has 2 rings (SSSR count). The van der Waals surface area contributed by atoms with Crippen molar-refractivity contribution in [3.05, 3.63) is 45.7 Å². The van der Waals surface area contributed by atoms with Gasteiger partial charge in [-0.3, -0.25) is 9.48 Å². The van der Waals surface area contributed by atoms with Gasteiger partial charge in [-0.2, -0.15) is 5.10 Å². The van der Waals surface area contributed by atoms with E-state index in [2.05, 4.69) is 10.4 Å². The van der Waals surface area contributed by atoms with Crippen LogP contribution in [0.4, 0.5) is 5.69 Å². The van der Waals surface area contributed by atoms with Gasteiger partial charge < -0.3 is 11.1 Å². The number of amides is 1. The number of halogens is 1. The lowest BCUT2D eigenvalue weighted by Gasteiger charge is -2.08. The maximum Gasteiger partial charge on any atom is 0.253 e. The van der Waals surface area contributed by atoms with E-state index < -0.39 is 0 Å². The highest BCUT2D eigenvalue weighted by Gasteiger charge is 2.13. The van der Waals surface area contributed by atoms with Gasteiger partial charge in [0.1, 0.15) is 0 Å². The largest absolute Gasteiger partial charge is 0.399 e. The Bertz CT molecular complexity index is 663. The van der Waals surface area contributed by atoms with Crippen LogP contribution in [0.5, 0.6) is 0 Å². The number of hydrogen-bond acceptors (Lipinski definition) is 3. The second-order valence-electron chi connectivity index (χ2n) is 4.69. The Morgan fingerprint density at radius 3 is 2.70 bits per heavy atom. The molecule has 1 amide bonds. The fraction of sp³-hybridized carbons (Fsp3) is 0.286. The summed E-state index contributed by atoms with van der Waals surface area (Å²) in [6.45, 7) is 4.31. The van der Waals surface area contributed by atoms with Crippen LogP contribution in [0.25, 0.3) is 0 Å². The zero-order valence-corrected chi connectivity index (χ0v) is 12.5. The SMILES string of the molecule is Cc1nn(C)c(C)c1CNC(=O)c1ccc(N)cc1Cl. The third-order valence-corrected chi connectivity index (χ3v) is 3.64. The molecule has 0 bridgehead atoms. The first-order valence-electron chi connectivity index (χ1n) is 6.22. The Balaban J connectivity index is 2.12. The van der Waals surface area contributed by atoms with Crippen LogP contribution in [0.3, 0.4) is 0 Å². The number of nitrogens with one attached hydrogen (secondary N) is 1. The molecule has 106 valence electrons. The summed E-state index contributed by atoms with van der Waals surface area (Å²) in [5.74, 6) is -0.224. The van der Waals surface area contributed by atoms with Gasteiger partial charge in [0.2, 0.25) is 0 Å². The average molecular weight is 293 g/mol. The molecule has 0 radical (unpaired) electrons. The van der Waals surface area contributed by atoms with Gasteiger partial charge in [0.15, 0.2) is 0 Å². The predicted octanol–water partition coefficient (Wildman–Crippen LogP) is 2.20. The van der Waals surface area contributed by atoms with Crippen molar-refractivity contribution in [2.45, 2.75) is 20.4 Å². The summed E-state index contributed by atoms with van der Waals surface area (Å²) in [4.78, 5) is 12.1. The predicted molar refractivity (Wildman–Crippen MR) is 79.7 cm³/mol. The highest BCUT2D eigenvalue weighted by molar-refractivity contribution is 6.34. The number of nitrogens with two attached hydrogens (primary N) is 1. The molecule has 0 saturated heterocycles. The normalized spacial score (nSPS) is 10.6. The Labute approximate surface area is 122 Å². The van der Waals surface area contributed by atoms with Gasteiger partial charge in [-0.1, -0.05) is 11.6 Å². The van der Waals surface area contributed by atoms with Crippen LogP contribution in [0.1, 0.15) is 27.3 Å². The minimum absolute atomic E-state index is 0.224. The van der Waals surface area contributed by atoms with E-state index in [1.165, 1.54) is 0 Å². The smallest absolute Gasteiger partial charge is 0.253 e. The average Bonchev–Trinajstić information content (AvgIpc) is 2.61. The summed E-state index contributed by atoms with van der Waals surface area (Å²) in [5.41, 5.74) is 9.52. The fourth-order valence-corrected chi connectivity index (χ4v) is 2.33. The molecular weight excluding hydrogens is 276 g/mol. The number of benzene rings is 1. The van der Waals surface area contributed by atoms with Crippen LogP contribution in [0.15, 0.2) is 18.2 Å². The molecule has 0 aliphatic rings. The molecule has 0 spiro atoms. The number of carbonyl (C=O) groups excluding carboxylic acids is 1. The van der Waals surface area contributed by atoms with Crippen LogP contribution in [0.2, 0.25) is 5.02 Å². The van der Waals surface area contributed by atoms with E-state index in [9.17, 15) is 4.79 Å². The van der Waals surface area contributed by atoms with Crippen molar-refractivity contribution in [2.75, 3.05) is 5.73 Å². The lowest BCUT2D eigenvalue weighted by atomic mass is 10.1. The Morgan fingerprint density at radius 2 is 2.15 bits per heavy atom. The second kappa shape index (κ2) is 5.54. The highest BCUT2D eigenvalue weighted by Crippen LogP contribution is 2.19. The molecule has 5 nitrogen and oxygen atoms in total. The summed E-state index contributed by atoms with van der Waals surface area (Å²) in [5, 5.41) is 7.52. The maximum atomic E-state index is 12.1. The van der Waals surface area contributed by atoms with Crippen LogP contribution < -0.4 is 11.1 Å².